The Morgan fingerprint density at radius 2 is 1.95 bits per heavy atom. The number of allylic oxidation sites excluding steroid dienone is 3. The van der Waals surface area contributed by atoms with Crippen LogP contribution in [0.4, 0.5) is 0 Å². The van der Waals surface area contributed by atoms with Gasteiger partial charge in [-0.25, -0.2) is 0 Å². The molecule has 0 spiro atoms. The molecule has 1 heteroatoms. The van der Waals surface area contributed by atoms with Gasteiger partial charge >= 0.3 is 0 Å². The molecule has 0 bridgehead atoms. The lowest BCUT2D eigenvalue weighted by atomic mass is 9.65. The molecule has 1 atom stereocenters. The summed E-state index contributed by atoms with van der Waals surface area (Å²) >= 11 is 0. The lowest BCUT2D eigenvalue weighted by Gasteiger charge is -2.40. The first-order valence-electron chi connectivity index (χ1n) is 8.54. The fourth-order valence-corrected chi connectivity index (χ4v) is 4.04. The van der Waals surface area contributed by atoms with E-state index in [2.05, 4.69) is 13.8 Å². The monoisotopic (exact) mass is 294 g/mol. The summed E-state index contributed by atoms with van der Waals surface area (Å²) in [6, 6.07) is 10.1. The highest BCUT2D eigenvalue weighted by Crippen LogP contribution is 2.47. The van der Waals surface area contributed by atoms with Gasteiger partial charge < -0.3 is 0 Å². The van der Waals surface area contributed by atoms with Gasteiger partial charge in [0.25, 0.3) is 0 Å². The Balaban J connectivity index is 1.71. The number of hydrogen-bond acceptors (Lipinski definition) is 1. The van der Waals surface area contributed by atoms with Crippen LogP contribution >= 0.6 is 0 Å². The summed E-state index contributed by atoms with van der Waals surface area (Å²) in [5.41, 5.74) is 4.66. The van der Waals surface area contributed by atoms with Gasteiger partial charge in [-0.2, -0.15) is 0 Å². The van der Waals surface area contributed by atoms with Crippen molar-refractivity contribution in [3.05, 3.63) is 53.1 Å². The summed E-state index contributed by atoms with van der Waals surface area (Å²) in [5.74, 6) is 0.493. The highest BCUT2D eigenvalue weighted by atomic mass is 16.1. The minimum atomic E-state index is 0.191. The molecule has 1 unspecified atom stereocenters. The highest BCUT2D eigenvalue weighted by Gasteiger charge is 2.35. The number of benzene rings is 1. The van der Waals surface area contributed by atoms with Crippen LogP contribution in [0.2, 0.25) is 0 Å². The fourth-order valence-electron chi connectivity index (χ4n) is 4.04. The van der Waals surface area contributed by atoms with Crippen molar-refractivity contribution >= 4 is 11.9 Å². The van der Waals surface area contributed by atoms with Gasteiger partial charge in [0, 0.05) is 5.92 Å². The first-order chi connectivity index (χ1) is 10.6. The molecule has 1 aromatic carbocycles. The van der Waals surface area contributed by atoms with E-state index in [1.54, 1.807) is 17.2 Å². The Labute approximate surface area is 134 Å². The van der Waals surface area contributed by atoms with Gasteiger partial charge in [-0.15, -0.1) is 0 Å². The second-order valence-electron chi connectivity index (χ2n) is 7.41. The zero-order valence-corrected chi connectivity index (χ0v) is 13.8. The van der Waals surface area contributed by atoms with E-state index in [1.165, 1.54) is 19.3 Å². The summed E-state index contributed by atoms with van der Waals surface area (Å²) in [5, 5.41) is 0. The molecule has 1 aromatic rings. The van der Waals surface area contributed by atoms with Gasteiger partial charge in [0.15, 0.2) is 5.78 Å². The maximum absolute atomic E-state index is 12.5. The first-order valence-corrected chi connectivity index (χ1v) is 8.54. The smallest absolute Gasteiger partial charge is 0.159 e. The summed E-state index contributed by atoms with van der Waals surface area (Å²) in [7, 11) is 0. The summed E-state index contributed by atoms with van der Waals surface area (Å²) in [6.45, 7) is 4.71. The van der Waals surface area contributed by atoms with Crippen molar-refractivity contribution in [2.24, 2.45) is 11.3 Å². The van der Waals surface area contributed by atoms with Crippen LogP contribution in [0.3, 0.4) is 0 Å². The predicted octanol–water partition coefficient (Wildman–Crippen LogP) is 5.58. The molecule has 116 valence electrons. The predicted molar refractivity (Wildman–Crippen MR) is 92.5 cm³/mol. The first kappa shape index (κ1) is 15.3. The van der Waals surface area contributed by atoms with E-state index >= 15 is 0 Å². The van der Waals surface area contributed by atoms with Crippen LogP contribution in [-0.2, 0) is 4.79 Å². The Morgan fingerprint density at radius 1 is 1.18 bits per heavy atom. The zero-order chi connectivity index (χ0) is 15.6. The summed E-state index contributed by atoms with van der Waals surface area (Å²) in [6.07, 6.45) is 10.8. The van der Waals surface area contributed by atoms with Crippen LogP contribution in [0, 0.1) is 11.3 Å². The quantitative estimate of drug-likeness (QED) is 0.525. The van der Waals surface area contributed by atoms with E-state index in [9.17, 15) is 4.79 Å². The van der Waals surface area contributed by atoms with Crippen molar-refractivity contribution in [1.29, 1.82) is 0 Å². The second-order valence-corrected chi connectivity index (χ2v) is 7.41. The van der Waals surface area contributed by atoms with Gasteiger partial charge in [-0.3, -0.25) is 4.79 Å². The molecule has 0 fully saturated rings. The van der Waals surface area contributed by atoms with Crippen LogP contribution < -0.4 is 0 Å². The molecule has 1 nitrogen and oxygen atoms in total. The topological polar surface area (TPSA) is 17.1 Å². The molecule has 2 aliphatic rings. The molecule has 0 saturated carbocycles. The van der Waals surface area contributed by atoms with Crippen molar-refractivity contribution in [3.63, 3.8) is 0 Å². The Kier molecular flexibility index (Phi) is 4.33. The largest absolute Gasteiger partial charge is 0.295 e. The SMILES string of the molecule is CC1(C)CCCC2=C1CC(C(=O)/C=C/c1ccccc1)CC2. The number of ketones is 1. The van der Waals surface area contributed by atoms with Crippen molar-refractivity contribution in [3.8, 4) is 0 Å². The van der Waals surface area contributed by atoms with E-state index in [1.807, 2.05) is 36.4 Å². The molecule has 0 aliphatic heterocycles. The van der Waals surface area contributed by atoms with Gasteiger partial charge in [0.05, 0.1) is 0 Å². The van der Waals surface area contributed by atoms with Crippen molar-refractivity contribution < 1.29 is 4.79 Å². The van der Waals surface area contributed by atoms with Gasteiger partial charge in [-0.1, -0.05) is 61.4 Å². The number of carbonyl (C=O) groups is 1. The van der Waals surface area contributed by atoms with E-state index < -0.39 is 0 Å². The van der Waals surface area contributed by atoms with E-state index in [-0.39, 0.29) is 5.92 Å². The Bertz CT molecular complexity index is 604. The second kappa shape index (κ2) is 6.24. The molecule has 0 aromatic heterocycles. The third-order valence-corrected chi connectivity index (χ3v) is 5.41. The average Bonchev–Trinajstić information content (AvgIpc) is 2.53. The van der Waals surface area contributed by atoms with Gasteiger partial charge in [0.1, 0.15) is 0 Å². The van der Waals surface area contributed by atoms with E-state index in [4.69, 9.17) is 0 Å². The maximum Gasteiger partial charge on any atom is 0.159 e. The summed E-state index contributed by atoms with van der Waals surface area (Å²) < 4.78 is 0. The lowest BCUT2D eigenvalue weighted by molar-refractivity contribution is -0.118. The molecular weight excluding hydrogens is 268 g/mol. The van der Waals surface area contributed by atoms with Crippen molar-refractivity contribution in [1.82, 2.24) is 0 Å². The molecule has 0 saturated heterocycles. The molecule has 0 amide bonds. The molecule has 22 heavy (non-hydrogen) atoms. The molecular formula is C21H26O. The third-order valence-electron chi connectivity index (χ3n) is 5.41. The normalized spacial score (nSPS) is 24.4. The van der Waals surface area contributed by atoms with Crippen LogP contribution in [0.1, 0.15) is 57.9 Å². The molecule has 0 radical (unpaired) electrons. The van der Waals surface area contributed by atoms with Crippen LogP contribution in [0.25, 0.3) is 6.08 Å². The molecule has 0 heterocycles. The maximum atomic E-state index is 12.5. The number of rotatable bonds is 3. The zero-order valence-electron chi connectivity index (χ0n) is 13.8. The Hall–Kier alpha value is -1.63. The van der Waals surface area contributed by atoms with Gasteiger partial charge in [-0.05, 0) is 55.6 Å². The third kappa shape index (κ3) is 3.24. The van der Waals surface area contributed by atoms with E-state index in [0.29, 0.717) is 11.2 Å². The molecule has 0 N–H and O–H groups in total. The van der Waals surface area contributed by atoms with Crippen molar-refractivity contribution in [2.45, 2.75) is 52.4 Å². The van der Waals surface area contributed by atoms with E-state index in [0.717, 1.165) is 24.8 Å². The van der Waals surface area contributed by atoms with Gasteiger partial charge in [0.2, 0.25) is 0 Å². The lowest BCUT2D eigenvalue weighted by Crippen LogP contribution is -2.28. The Morgan fingerprint density at radius 3 is 2.73 bits per heavy atom. The minimum Gasteiger partial charge on any atom is -0.295 e. The number of carbonyl (C=O) groups excluding carboxylic acids is 1. The highest BCUT2D eigenvalue weighted by molar-refractivity contribution is 5.95. The van der Waals surface area contributed by atoms with Crippen LogP contribution in [-0.4, -0.2) is 5.78 Å². The number of hydrogen-bond donors (Lipinski definition) is 0. The molecule has 3 rings (SSSR count). The van der Waals surface area contributed by atoms with Crippen molar-refractivity contribution in [2.75, 3.05) is 0 Å². The van der Waals surface area contributed by atoms with Crippen LogP contribution in [0.5, 0.6) is 0 Å². The standard InChI is InChI=1S/C21H26O/c1-21(2)14-6-9-17-11-12-18(15-19(17)21)20(22)13-10-16-7-4-3-5-8-16/h3-5,7-8,10,13,18H,6,9,11-12,14-15H2,1-2H3/b13-10+. The summed E-state index contributed by atoms with van der Waals surface area (Å²) in [4.78, 5) is 12.5. The van der Waals surface area contributed by atoms with Crippen LogP contribution in [0.15, 0.2) is 47.6 Å². The minimum absolute atomic E-state index is 0.191. The fraction of sp³-hybridized carbons (Fsp3) is 0.476. The molecule has 2 aliphatic carbocycles. The average molecular weight is 294 g/mol.